The van der Waals surface area contributed by atoms with Crippen molar-refractivity contribution in [3.63, 3.8) is 0 Å². The second-order valence-electron chi connectivity index (χ2n) is 9.88. The van der Waals surface area contributed by atoms with Gasteiger partial charge in [-0.2, -0.15) is 5.26 Å². The molecule has 1 heterocycles. The first-order chi connectivity index (χ1) is 17.0. The van der Waals surface area contributed by atoms with E-state index in [1.165, 1.54) is 17.2 Å². The Kier molecular flexibility index (Phi) is 10.2. The third-order valence-electron chi connectivity index (χ3n) is 5.13. The van der Waals surface area contributed by atoms with Crippen molar-refractivity contribution in [2.45, 2.75) is 59.5 Å². The van der Waals surface area contributed by atoms with Crippen molar-refractivity contribution < 1.29 is 19.4 Å². The van der Waals surface area contributed by atoms with E-state index in [1.807, 2.05) is 19.9 Å². The maximum Gasteiger partial charge on any atom is 0.338 e. The molecular weight excluding hydrogens is 454 g/mol. The molecule has 0 aliphatic rings. The van der Waals surface area contributed by atoms with E-state index in [9.17, 15) is 4.79 Å². The van der Waals surface area contributed by atoms with E-state index in [2.05, 4.69) is 69.8 Å². The van der Waals surface area contributed by atoms with Gasteiger partial charge in [0.2, 0.25) is 0 Å². The van der Waals surface area contributed by atoms with Crippen LogP contribution >= 0.6 is 0 Å². The zero-order chi connectivity index (χ0) is 26.9. The maximum absolute atomic E-state index is 11.7. The topological polar surface area (TPSA) is 97.4 Å². The fraction of sp³-hybridized carbons (Fsp3) is 0.414. The molecule has 3 rings (SSSR count). The molecule has 2 aromatic carbocycles. The van der Waals surface area contributed by atoms with E-state index < -0.39 is 5.97 Å². The minimum Gasteiger partial charge on any atom is -0.490 e. The molecule has 192 valence electrons. The molecule has 3 aromatic rings. The van der Waals surface area contributed by atoms with Crippen molar-refractivity contribution in [2.75, 3.05) is 13.2 Å². The third-order valence-corrected chi connectivity index (χ3v) is 5.13. The normalized spacial score (nSPS) is 10.9. The lowest BCUT2D eigenvalue weighted by Gasteiger charge is -2.17. The maximum atomic E-state index is 11.7. The summed E-state index contributed by atoms with van der Waals surface area (Å²) in [5.74, 6) is 1.05. The minimum absolute atomic E-state index is 0.0299. The fourth-order valence-corrected chi connectivity index (χ4v) is 3.44. The van der Waals surface area contributed by atoms with E-state index in [1.54, 1.807) is 12.1 Å². The van der Waals surface area contributed by atoms with Crippen molar-refractivity contribution in [3.8, 4) is 23.1 Å². The SMILES string of the molecule is CC(C)Oc1ccc(C(=O)OCCCO)cc1C#N.Cc1ccc(-c2cn(C)c(C(C)(C)C)n2)cc1. The number of carbonyl (C=O) groups excluding carboxylic acids is 1. The molecule has 0 fully saturated rings. The largest absolute Gasteiger partial charge is 0.490 e. The number of aliphatic hydroxyl groups excluding tert-OH is 1. The molecular formula is C29H37N3O4. The van der Waals surface area contributed by atoms with Gasteiger partial charge in [-0.15, -0.1) is 0 Å². The van der Waals surface area contributed by atoms with Gasteiger partial charge in [0.05, 0.1) is 29.5 Å². The highest BCUT2D eigenvalue weighted by Crippen LogP contribution is 2.25. The smallest absolute Gasteiger partial charge is 0.338 e. The van der Waals surface area contributed by atoms with Gasteiger partial charge in [-0.1, -0.05) is 50.6 Å². The van der Waals surface area contributed by atoms with Crippen molar-refractivity contribution in [3.05, 3.63) is 71.2 Å². The van der Waals surface area contributed by atoms with Gasteiger partial charge in [-0.25, -0.2) is 9.78 Å². The highest BCUT2D eigenvalue weighted by atomic mass is 16.5. The molecule has 1 N–H and O–H groups in total. The molecule has 0 atom stereocenters. The first kappa shape index (κ1) is 28.6. The Hall–Kier alpha value is -3.63. The van der Waals surface area contributed by atoms with Crippen LogP contribution in [0.25, 0.3) is 11.3 Å². The Morgan fingerprint density at radius 3 is 2.36 bits per heavy atom. The average molecular weight is 492 g/mol. The lowest BCUT2D eigenvalue weighted by molar-refractivity contribution is 0.0482. The van der Waals surface area contributed by atoms with Crippen LogP contribution in [0, 0.1) is 18.3 Å². The number of esters is 1. The Morgan fingerprint density at radius 2 is 1.83 bits per heavy atom. The van der Waals surface area contributed by atoms with E-state index in [-0.39, 0.29) is 24.7 Å². The van der Waals surface area contributed by atoms with Gasteiger partial charge in [-0.05, 0) is 39.0 Å². The molecule has 1 aromatic heterocycles. The number of ether oxygens (including phenoxy) is 2. The van der Waals surface area contributed by atoms with Crippen LogP contribution < -0.4 is 4.74 Å². The summed E-state index contributed by atoms with van der Waals surface area (Å²) in [6.45, 7) is 12.5. The zero-order valence-corrected chi connectivity index (χ0v) is 22.3. The molecule has 0 unspecified atom stereocenters. The molecule has 0 amide bonds. The van der Waals surface area contributed by atoms with Gasteiger partial charge >= 0.3 is 5.97 Å². The summed E-state index contributed by atoms with van der Waals surface area (Å²) in [6.07, 6.45) is 2.45. The molecule has 0 bridgehead atoms. The average Bonchev–Trinajstić information content (AvgIpc) is 3.22. The van der Waals surface area contributed by atoms with Gasteiger partial charge < -0.3 is 19.1 Å². The van der Waals surface area contributed by atoms with Crippen LogP contribution in [-0.4, -0.2) is 39.9 Å². The molecule has 0 aliphatic heterocycles. The van der Waals surface area contributed by atoms with Crippen molar-refractivity contribution in [2.24, 2.45) is 7.05 Å². The van der Waals surface area contributed by atoms with Crippen LogP contribution in [0.2, 0.25) is 0 Å². The summed E-state index contributed by atoms with van der Waals surface area (Å²) in [6, 6.07) is 15.1. The van der Waals surface area contributed by atoms with Crippen molar-refractivity contribution in [1.82, 2.24) is 9.55 Å². The number of nitrogens with zero attached hydrogens (tertiary/aromatic N) is 3. The monoisotopic (exact) mass is 491 g/mol. The van der Waals surface area contributed by atoms with Gasteiger partial charge in [0.1, 0.15) is 17.6 Å². The van der Waals surface area contributed by atoms with Gasteiger partial charge in [-0.3, -0.25) is 0 Å². The third kappa shape index (κ3) is 8.24. The van der Waals surface area contributed by atoms with Crippen molar-refractivity contribution >= 4 is 5.97 Å². The summed E-state index contributed by atoms with van der Waals surface area (Å²) in [5.41, 5.74) is 4.19. The highest BCUT2D eigenvalue weighted by molar-refractivity contribution is 5.90. The van der Waals surface area contributed by atoms with E-state index in [4.69, 9.17) is 24.8 Å². The fourth-order valence-electron chi connectivity index (χ4n) is 3.44. The predicted octanol–water partition coefficient (Wildman–Crippen LogP) is 5.58. The van der Waals surface area contributed by atoms with E-state index in [0.29, 0.717) is 23.3 Å². The zero-order valence-electron chi connectivity index (χ0n) is 22.3. The van der Waals surface area contributed by atoms with Gasteiger partial charge in [0, 0.05) is 37.3 Å². The number of aryl methyl sites for hydroxylation is 2. The van der Waals surface area contributed by atoms with Crippen LogP contribution in [0.3, 0.4) is 0 Å². The lowest BCUT2D eigenvalue weighted by Crippen LogP contribution is -2.17. The minimum atomic E-state index is -0.513. The molecule has 7 heteroatoms. The summed E-state index contributed by atoms with van der Waals surface area (Å²) in [7, 11) is 2.06. The van der Waals surface area contributed by atoms with Crippen LogP contribution in [0.1, 0.15) is 68.3 Å². The number of hydrogen-bond acceptors (Lipinski definition) is 6. The van der Waals surface area contributed by atoms with Crippen LogP contribution in [-0.2, 0) is 17.2 Å². The number of hydrogen-bond donors (Lipinski definition) is 1. The number of imidazole rings is 1. The molecule has 0 saturated carbocycles. The Morgan fingerprint density at radius 1 is 1.17 bits per heavy atom. The number of nitriles is 1. The van der Waals surface area contributed by atoms with E-state index >= 15 is 0 Å². The molecule has 0 spiro atoms. The molecule has 7 nitrogen and oxygen atoms in total. The second kappa shape index (κ2) is 12.9. The van der Waals surface area contributed by atoms with Crippen LogP contribution in [0.5, 0.6) is 5.75 Å². The second-order valence-corrected chi connectivity index (χ2v) is 9.88. The Bertz CT molecular complexity index is 1180. The predicted molar refractivity (Wildman–Crippen MR) is 141 cm³/mol. The summed E-state index contributed by atoms with van der Waals surface area (Å²) < 4.78 is 12.5. The van der Waals surface area contributed by atoms with E-state index in [0.717, 1.165) is 11.5 Å². The number of benzene rings is 2. The highest BCUT2D eigenvalue weighted by Gasteiger charge is 2.20. The number of aliphatic hydroxyl groups is 1. The van der Waals surface area contributed by atoms with Gasteiger partial charge in [0.15, 0.2) is 0 Å². The molecule has 0 saturated heterocycles. The summed E-state index contributed by atoms with van der Waals surface area (Å²) >= 11 is 0. The van der Waals surface area contributed by atoms with Crippen LogP contribution in [0.15, 0.2) is 48.7 Å². The number of rotatable bonds is 7. The van der Waals surface area contributed by atoms with Gasteiger partial charge in [0.25, 0.3) is 0 Å². The molecule has 0 radical (unpaired) electrons. The number of aromatic nitrogens is 2. The Labute approximate surface area is 214 Å². The summed E-state index contributed by atoms with van der Waals surface area (Å²) in [5, 5.41) is 17.6. The summed E-state index contributed by atoms with van der Waals surface area (Å²) in [4.78, 5) is 16.4. The first-order valence-corrected chi connectivity index (χ1v) is 12.1. The molecule has 36 heavy (non-hydrogen) atoms. The van der Waals surface area contributed by atoms with Crippen LogP contribution in [0.4, 0.5) is 0 Å². The first-order valence-electron chi connectivity index (χ1n) is 12.1. The molecule has 0 aliphatic carbocycles. The number of carbonyl (C=O) groups is 1. The standard InChI is InChI=1S/C15H20N2.C14H17NO4/c1-11-6-8-12(9-7-11)13-10-17(5)14(16-13)15(2,3)4;1-10(2)19-13-5-4-11(8-12(13)9-15)14(17)18-7-3-6-16/h6-10H,1-5H3;4-5,8,10,16H,3,6-7H2,1-2H3. The lowest BCUT2D eigenvalue weighted by atomic mass is 9.96. The Balaban J connectivity index is 0.000000255. The van der Waals surface area contributed by atoms with Crippen molar-refractivity contribution in [1.29, 1.82) is 5.26 Å². The quantitative estimate of drug-likeness (QED) is 0.342.